The van der Waals surface area contributed by atoms with Crippen LogP contribution in [-0.4, -0.2) is 34.0 Å². The largest absolute Gasteiger partial charge is 0.359 e. The monoisotopic (exact) mass is 358 g/mol. The van der Waals surface area contributed by atoms with Gasteiger partial charge in [-0.15, -0.1) is 0 Å². The summed E-state index contributed by atoms with van der Waals surface area (Å²) in [7, 11) is 0. The lowest BCUT2D eigenvalue weighted by Gasteiger charge is -2.09. The molecule has 1 aliphatic heterocycles. The predicted octanol–water partition coefficient (Wildman–Crippen LogP) is 3.29. The van der Waals surface area contributed by atoms with E-state index in [0.29, 0.717) is 25.2 Å². The molecule has 2 heterocycles. The van der Waals surface area contributed by atoms with E-state index in [4.69, 9.17) is 12.2 Å². The molecule has 1 aliphatic rings. The minimum absolute atomic E-state index is 0.0201. The van der Waals surface area contributed by atoms with Crippen LogP contribution in [0.1, 0.15) is 43.8 Å². The van der Waals surface area contributed by atoms with Crippen LogP contribution in [0, 0.1) is 4.77 Å². The van der Waals surface area contributed by atoms with Crippen LogP contribution in [0.15, 0.2) is 24.3 Å². The van der Waals surface area contributed by atoms with Crippen molar-refractivity contribution in [2.45, 2.75) is 45.1 Å². The van der Waals surface area contributed by atoms with Crippen LogP contribution in [0.5, 0.6) is 0 Å². The molecular formula is C18H22N4O2S. The highest BCUT2D eigenvalue weighted by molar-refractivity contribution is 7.71. The van der Waals surface area contributed by atoms with E-state index in [0.717, 1.165) is 30.2 Å². The molecule has 0 bridgehead atoms. The Kier molecular flexibility index (Phi) is 5.43. The van der Waals surface area contributed by atoms with Gasteiger partial charge in [-0.2, -0.15) is 0 Å². The van der Waals surface area contributed by atoms with Gasteiger partial charge in [0.1, 0.15) is 11.9 Å². The van der Waals surface area contributed by atoms with Crippen molar-refractivity contribution in [1.82, 2.24) is 14.9 Å². The van der Waals surface area contributed by atoms with Crippen molar-refractivity contribution in [1.29, 1.82) is 0 Å². The maximum absolute atomic E-state index is 12.6. The number of para-hydroxylation sites is 1. The van der Waals surface area contributed by atoms with Crippen molar-refractivity contribution in [3.63, 3.8) is 0 Å². The zero-order valence-electron chi connectivity index (χ0n) is 14.2. The Hall–Kier alpha value is -2.28. The van der Waals surface area contributed by atoms with Gasteiger partial charge in [-0.05, 0) is 37.2 Å². The van der Waals surface area contributed by atoms with Crippen molar-refractivity contribution < 1.29 is 9.59 Å². The van der Waals surface area contributed by atoms with Gasteiger partial charge < -0.3 is 10.6 Å². The first-order valence-corrected chi connectivity index (χ1v) is 9.12. The van der Waals surface area contributed by atoms with Crippen LogP contribution in [0.4, 0.5) is 5.82 Å². The number of hydrogen-bond acceptors (Lipinski definition) is 5. The summed E-state index contributed by atoms with van der Waals surface area (Å²) >= 11 is 5.27. The number of benzene rings is 1. The van der Waals surface area contributed by atoms with Crippen LogP contribution in [0.25, 0.3) is 10.9 Å². The maximum Gasteiger partial charge on any atom is 0.257 e. The molecule has 3 rings (SSSR count). The number of fused-ring (bicyclic) bond motifs is 3. The zero-order chi connectivity index (χ0) is 17.8. The molecule has 6 nitrogen and oxygen atoms in total. The van der Waals surface area contributed by atoms with Crippen molar-refractivity contribution in [2.75, 3.05) is 11.9 Å². The van der Waals surface area contributed by atoms with Gasteiger partial charge in [-0.1, -0.05) is 31.9 Å². The standard InChI is InChI=1S/C18H22N4O2S/c1-2-3-6-11-19-15(23)10-9-14-17(24)22-16(20-14)12-7-4-5-8-13(12)21-18(22)25/h4-5,7-8,14,20H,2-3,6,9-11H2,1H3,(H,19,23)/t14-/m1/s1. The molecule has 0 aliphatic carbocycles. The summed E-state index contributed by atoms with van der Waals surface area (Å²) in [6.07, 6.45) is 3.96. The number of carbonyl (C=O) groups excluding carboxylic acids is 2. The fourth-order valence-electron chi connectivity index (χ4n) is 3.03. The Morgan fingerprint density at radius 2 is 2.16 bits per heavy atom. The molecule has 0 unspecified atom stereocenters. The average Bonchev–Trinajstić information content (AvgIpc) is 2.94. The normalized spacial score (nSPS) is 15.9. The van der Waals surface area contributed by atoms with Crippen molar-refractivity contribution in [3.05, 3.63) is 29.0 Å². The molecule has 2 N–H and O–H groups in total. The highest BCUT2D eigenvalue weighted by Gasteiger charge is 2.31. The zero-order valence-corrected chi connectivity index (χ0v) is 15.1. The number of rotatable bonds is 7. The Morgan fingerprint density at radius 1 is 1.36 bits per heavy atom. The fraction of sp³-hybridized carbons (Fsp3) is 0.444. The van der Waals surface area contributed by atoms with Crippen LogP contribution in [0.3, 0.4) is 0 Å². The molecule has 0 saturated carbocycles. The van der Waals surface area contributed by atoms with Gasteiger partial charge in [0.05, 0.1) is 5.52 Å². The number of anilines is 1. The summed E-state index contributed by atoms with van der Waals surface area (Å²) in [5, 5.41) is 6.98. The molecule has 132 valence electrons. The lowest BCUT2D eigenvalue weighted by Crippen LogP contribution is -2.29. The molecule has 2 aromatic rings. The molecule has 7 heteroatoms. The number of amides is 1. The molecule has 0 saturated heterocycles. The third-order valence-corrected chi connectivity index (χ3v) is 4.66. The van der Waals surface area contributed by atoms with E-state index in [-0.39, 0.29) is 16.6 Å². The molecular weight excluding hydrogens is 336 g/mol. The number of hydrogen-bond donors (Lipinski definition) is 2. The van der Waals surface area contributed by atoms with Crippen molar-refractivity contribution in [2.24, 2.45) is 0 Å². The van der Waals surface area contributed by atoms with E-state index in [9.17, 15) is 9.59 Å². The topological polar surface area (TPSA) is 76.0 Å². The van der Waals surface area contributed by atoms with E-state index in [2.05, 4.69) is 22.5 Å². The van der Waals surface area contributed by atoms with E-state index in [1.165, 1.54) is 4.57 Å². The van der Waals surface area contributed by atoms with Crippen LogP contribution in [0.2, 0.25) is 0 Å². The molecule has 0 spiro atoms. The number of nitrogens with one attached hydrogen (secondary N) is 2. The SMILES string of the molecule is CCCCCNC(=O)CC[C@H]1Nc2c3ccccc3nc(=S)n2C1=O. The van der Waals surface area contributed by atoms with E-state index < -0.39 is 6.04 Å². The Morgan fingerprint density at radius 3 is 2.96 bits per heavy atom. The van der Waals surface area contributed by atoms with E-state index in [1.807, 2.05) is 24.3 Å². The quantitative estimate of drug-likeness (QED) is 0.587. The van der Waals surface area contributed by atoms with Gasteiger partial charge in [0.2, 0.25) is 10.7 Å². The van der Waals surface area contributed by atoms with Crippen molar-refractivity contribution in [3.8, 4) is 0 Å². The second-order valence-electron chi connectivity index (χ2n) is 6.23. The summed E-state index contributed by atoms with van der Waals surface area (Å²) in [6.45, 7) is 2.82. The summed E-state index contributed by atoms with van der Waals surface area (Å²) in [4.78, 5) is 28.9. The summed E-state index contributed by atoms with van der Waals surface area (Å²) in [6, 6.07) is 7.12. The lowest BCUT2D eigenvalue weighted by molar-refractivity contribution is -0.121. The number of carbonyl (C=O) groups is 2. The maximum atomic E-state index is 12.6. The van der Waals surface area contributed by atoms with Crippen LogP contribution >= 0.6 is 12.2 Å². The first-order chi connectivity index (χ1) is 12.1. The minimum atomic E-state index is -0.448. The van der Waals surface area contributed by atoms with Gasteiger partial charge in [0, 0.05) is 18.4 Å². The minimum Gasteiger partial charge on any atom is -0.359 e. The Labute approximate surface area is 151 Å². The molecule has 1 aromatic heterocycles. The predicted molar refractivity (Wildman–Crippen MR) is 100 cm³/mol. The highest BCUT2D eigenvalue weighted by Crippen LogP contribution is 2.28. The van der Waals surface area contributed by atoms with Gasteiger partial charge in [-0.3, -0.25) is 9.59 Å². The van der Waals surface area contributed by atoms with E-state index in [1.54, 1.807) is 0 Å². The summed E-state index contributed by atoms with van der Waals surface area (Å²) in [5.41, 5.74) is 0.758. The molecule has 1 aromatic carbocycles. The smallest absolute Gasteiger partial charge is 0.257 e. The van der Waals surface area contributed by atoms with Gasteiger partial charge in [0.15, 0.2) is 0 Å². The molecule has 1 amide bonds. The Bertz CT molecular complexity index is 862. The lowest BCUT2D eigenvalue weighted by atomic mass is 10.1. The highest BCUT2D eigenvalue weighted by atomic mass is 32.1. The van der Waals surface area contributed by atoms with Crippen molar-refractivity contribution >= 4 is 40.8 Å². The molecule has 1 atom stereocenters. The first-order valence-electron chi connectivity index (χ1n) is 8.71. The molecule has 0 radical (unpaired) electrons. The first kappa shape index (κ1) is 17.5. The fourth-order valence-corrected chi connectivity index (χ4v) is 3.31. The van der Waals surface area contributed by atoms with Gasteiger partial charge in [0.25, 0.3) is 5.91 Å². The molecule has 25 heavy (non-hydrogen) atoms. The number of aromatic nitrogens is 2. The summed E-state index contributed by atoms with van der Waals surface area (Å²) < 4.78 is 1.69. The summed E-state index contributed by atoms with van der Waals surface area (Å²) in [5.74, 6) is 0.513. The third-order valence-electron chi connectivity index (χ3n) is 4.38. The number of nitrogens with zero attached hydrogens (tertiary/aromatic N) is 2. The molecule has 0 fully saturated rings. The second kappa shape index (κ2) is 7.74. The van der Waals surface area contributed by atoms with Gasteiger partial charge in [-0.25, -0.2) is 9.55 Å². The van der Waals surface area contributed by atoms with Crippen LogP contribution in [-0.2, 0) is 4.79 Å². The second-order valence-corrected chi connectivity index (χ2v) is 6.59. The average molecular weight is 358 g/mol. The van der Waals surface area contributed by atoms with E-state index >= 15 is 0 Å². The third kappa shape index (κ3) is 3.71. The van der Waals surface area contributed by atoms with Crippen LogP contribution < -0.4 is 10.6 Å². The number of unbranched alkanes of at least 4 members (excludes halogenated alkanes) is 2. The van der Waals surface area contributed by atoms with Gasteiger partial charge >= 0.3 is 0 Å². The Balaban J connectivity index is 1.67.